The smallest absolute Gasteiger partial charge is 0.251 e. The van der Waals surface area contributed by atoms with Crippen molar-refractivity contribution in [3.8, 4) is 0 Å². The third-order valence-corrected chi connectivity index (χ3v) is 5.39. The van der Waals surface area contributed by atoms with Crippen molar-refractivity contribution in [2.75, 3.05) is 18.4 Å². The van der Waals surface area contributed by atoms with Crippen LogP contribution >= 0.6 is 0 Å². The minimum absolute atomic E-state index is 0.0623. The number of carbonyl (C=O) groups is 2. The van der Waals surface area contributed by atoms with Crippen molar-refractivity contribution in [2.24, 2.45) is 0 Å². The maximum atomic E-state index is 12.4. The fraction of sp³-hybridized carbons (Fsp3) is 0.263. The zero-order valence-electron chi connectivity index (χ0n) is 15.5. The van der Waals surface area contributed by atoms with Gasteiger partial charge in [-0.1, -0.05) is 23.8 Å². The predicted octanol–water partition coefficient (Wildman–Crippen LogP) is 1.97. The predicted molar refractivity (Wildman–Crippen MR) is 104 cm³/mol. The first kappa shape index (κ1) is 20.6. The molecule has 2 aromatic carbocycles. The molecule has 3 N–H and O–H groups in total. The Labute approximate surface area is 159 Å². The largest absolute Gasteiger partial charge is 0.351 e. The van der Waals surface area contributed by atoms with Gasteiger partial charge in [0.05, 0.1) is 4.90 Å². The lowest BCUT2D eigenvalue weighted by Gasteiger charge is -2.11. The lowest BCUT2D eigenvalue weighted by Crippen LogP contribution is -2.35. The number of carbonyl (C=O) groups excluding carboxylic acids is 2. The summed E-state index contributed by atoms with van der Waals surface area (Å²) in [7, 11) is -3.64. The van der Waals surface area contributed by atoms with E-state index in [0.717, 1.165) is 5.56 Å². The second kappa shape index (κ2) is 8.79. The molecule has 7 nitrogen and oxygen atoms in total. The van der Waals surface area contributed by atoms with E-state index in [4.69, 9.17) is 0 Å². The first-order valence-corrected chi connectivity index (χ1v) is 9.90. The zero-order valence-corrected chi connectivity index (χ0v) is 16.3. The maximum Gasteiger partial charge on any atom is 0.251 e. The van der Waals surface area contributed by atoms with Gasteiger partial charge in [-0.15, -0.1) is 0 Å². The number of anilines is 1. The Morgan fingerprint density at radius 1 is 1.00 bits per heavy atom. The number of rotatable bonds is 7. The van der Waals surface area contributed by atoms with Crippen molar-refractivity contribution in [1.29, 1.82) is 0 Å². The number of hydrogen-bond donors (Lipinski definition) is 3. The minimum atomic E-state index is -3.64. The number of aryl methyl sites for hydroxylation is 2. The molecule has 0 atom stereocenters. The first-order valence-electron chi connectivity index (χ1n) is 8.42. The molecular weight excluding hydrogens is 366 g/mol. The van der Waals surface area contributed by atoms with E-state index in [0.29, 0.717) is 16.8 Å². The van der Waals surface area contributed by atoms with E-state index in [1.165, 1.54) is 6.92 Å². The third-order valence-electron chi connectivity index (χ3n) is 3.77. The molecule has 0 aliphatic carbocycles. The van der Waals surface area contributed by atoms with E-state index in [1.807, 2.05) is 6.92 Å². The summed E-state index contributed by atoms with van der Waals surface area (Å²) in [5, 5.41) is 5.25. The van der Waals surface area contributed by atoms with Crippen molar-refractivity contribution in [2.45, 2.75) is 25.7 Å². The molecule has 0 aliphatic rings. The van der Waals surface area contributed by atoms with E-state index >= 15 is 0 Å². The average Bonchev–Trinajstić information content (AvgIpc) is 2.58. The van der Waals surface area contributed by atoms with E-state index in [1.54, 1.807) is 49.4 Å². The highest BCUT2D eigenvalue weighted by Crippen LogP contribution is 2.16. The minimum Gasteiger partial charge on any atom is -0.351 e. The van der Waals surface area contributed by atoms with Crippen LogP contribution in [-0.4, -0.2) is 33.3 Å². The van der Waals surface area contributed by atoms with Crippen LogP contribution in [0.1, 0.15) is 28.4 Å². The molecule has 0 unspecified atom stereocenters. The summed E-state index contributed by atoms with van der Waals surface area (Å²) < 4.78 is 27.2. The summed E-state index contributed by atoms with van der Waals surface area (Å²) in [5.41, 5.74) is 2.55. The van der Waals surface area contributed by atoms with Gasteiger partial charge in [0.1, 0.15) is 0 Å². The van der Waals surface area contributed by atoms with Crippen molar-refractivity contribution in [3.63, 3.8) is 0 Å². The van der Waals surface area contributed by atoms with Crippen LogP contribution < -0.4 is 15.4 Å². The Bertz CT molecular complexity index is 955. The van der Waals surface area contributed by atoms with Crippen LogP contribution in [-0.2, 0) is 14.8 Å². The number of hydrogen-bond acceptors (Lipinski definition) is 4. The van der Waals surface area contributed by atoms with Crippen LogP contribution in [0.3, 0.4) is 0 Å². The van der Waals surface area contributed by atoms with Gasteiger partial charge in [-0.05, 0) is 43.7 Å². The molecule has 0 heterocycles. The Morgan fingerprint density at radius 2 is 1.74 bits per heavy atom. The molecule has 0 saturated carbocycles. The normalized spacial score (nSPS) is 11.1. The molecule has 0 fully saturated rings. The van der Waals surface area contributed by atoms with Gasteiger partial charge in [0.25, 0.3) is 5.91 Å². The van der Waals surface area contributed by atoms with E-state index < -0.39 is 10.0 Å². The summed E-state index contributed by atoms with van der Waals surface area (Å²) >= 11 is 0. The Balaban J connectivity index is 1.91. The molecule has 2 rings (SSSR count). The van der Waals surface area contributed by atoms with Crippen LogP contribution in [0, 0.1) is 13.8 Å². The Hall–Kier alpha value is -2.71. The molecule has 0 radical (unpaired) electrons. The van der Waals surface area contributed by atoms with Crippen molar-refractivity contribution < 1.29 is 18.0 Å². The van der Waals surface area contributed by atoms with E-state index in [9.17, 15) is 18.0 Å². The molecule has 27 heavy (non-hydrogen) atoms. The Morgan fingerprint density at radius 3 is 2.41 bits per heavy atom. The summed E-state index contributed by atoms with van der Waals surface area (Å²) in [6, 6.07) is 11.6. The van der Waals surface area contributed by atoms with Crippen LogP contribution in [0.2, 0.25) is 0 Å². The summed E-state index contributed by atoms with van der Waals surface area (Å²) in [6.07, 6.45) is 0. The highest BCUT2D eigenvalue weighted by molar-refractivity contribution is 7.89. The lowest BCUT2D eigenvalue weighted by atomic mass is 10.2. The van der Waals surface area contributed by atoms with Crippen LogP contribution in [0.15, 0.2) is 47.4 Å². The number of benzene rings is 2. The summed E-state index contributed by atoms with van der Waals surface area (Å²) in [4.78, 5) is 23.5. The van der Waals surface area contributed by atoms with Crippen LogP contribution in [0.5, 0.6) is 0 Å². The maximum absolute atomic E-state index is 12.4. The fourth-order valence-electron chi connectivity index (χ4n) is 2.58. The van der Waals surface area contributed by atoms with Crippen molar-refractivity contribution in [1.82, 2.24) is 10.0 Å². The molecule has 0 saturated heterocycles. The number of amides is 2. The highest BCUT2D eigenvalue weighted by atomic mass is 32.2. The molecule has 0 aliphatic heterocycles. The second-order valence-electron chi connectivity index (χ2n) is 6.18. The van der Waals surface area contributed by atoms with Gasteiger partial charge in [0, 0.05) is 31.3 Å². The SMILES string of the molecule is CC(=O)Nc1cccc(C(=O)NCCNS(=O)(=O)c2ccc(C)cc2C)c1. The van der Waals surface area contributed by atoms with Crippen LogP contribution in [0.4, 0.5) is 5.69 Å². The third kappa shape index (κ3) is 5.90. The number of nitrogens with one attached hydrogen (secondary N) is 3. The summed E-state index contributed by atoms with van der Waals surface area (Å²) in [5.74, 6) is -0.582. The fourth-order valence-corrected chi connectivity index (χ4v) is 3.84. The molecule has 0 bridgehead atoms. The second-order valence-corrected chi connectivity index (χ2v) is 7.92. The van der Waals surface area contributed by atoms with Gasteiger partial charge in [-0.3, -0.25) is 9.59 Å². The quantitative estimate of drug-likeness (QED) is 0.630. The van der Waals surface area contributed by atoms with Crippen molar-refractivity contribution >= 4 is 27.5 Å². The molecular formula is C19H23N3O4S. The molecule has 144 valence electrons. The monoisotopic (exact) mass is 389 g/mol. The average molecular weight is 389 g/mol. The van der Waals surface area contributed by atoms with Gasteiger partial charge in [-0.2, -0.15) is 0 Å². The van der Waals surface area contributed by atoms with Crippen molar-refractivity contribution in [3.05, 3.63) is 59.2 Å². The zero-order chi connectivity index (χ0) is 20.0. The van der Waals surface area contributed by atoms with Crippen LogP contribution in [0.25, 0.3) is 0 Å². The molecule has 0 aromatic heterocycles. The number of sulfonamides is 1. The van der Waals surface area contributed by atoms with Gasteiger partial charge >= 0.3 is 0 Å². The highest BCUT2D eigenvalue weighted by Gasteiger charge is 2.16. The molecule has 0 spiro atoms. The van der Waals surface area contributed by atoms with Gasteiger partial charge < -0.3 is 10.6 Å². The molecule has 2 aromatic rings. The van der Waals surface area contributed by atoms with E-state index in [2.05, 4.69) is 15.4 Å². The van der Waals surface area contributed by atoms with E-state index in [-0.39, 0.29) is 29.8 Å². The standard InChI is InChI=1S/C19H23N3O4S/c1-13-7-8-18(14(2)11-13)27(25,26)21-10-9-20-19(24)16-5-4-6-17(12-16)22-15(3)23/h4-8,11-12,21H,9-10H2,1-3H3,(H,20,24)(H,22,23). The lowest BCUT2D eigenvalue weighted by molar-refractivity contribution is -0.114. The van der Waals surface area contributed by atoms with Gasteiger partial charge in [0.2, 0.25) is 15.9 Å². The topological polar surface area (TPSA) is 104 Å². The Kier molecular flexibility index (Phi) is 6.70. The first-order chi connectivity index (χ1) is 12.7. The van der Waals surface area contributed by atoms with Gasteiger partial charge in [0.15, 0.2) is 0 Å². The van der Waals surface area contributed by atoms with Gasteiger partial charge in [-0.25, -0.2) is 13.1 Å². The molecule has 2 amide bonds. The summed E-state index contributed by atoms with van der Waals surface area (Å²) in [6.45, 7) is 5.22. The molecule has 8 heteroatoms.